The summed E-state index contributed by atoms with van der Waals surface area (Å²) in [6.45, 7) is 4.16. The molecule has 0 fully saturated rings. The molecule has 0 heterocycles. The van der Waals surface area contributed by atoms with Crippen molar-refractivity contribution in [2.75, 3.05) is 6.54 Å². The van der Waals surface area contributed by atoms with Crippen LogP contribution < -0.4 is 16.4 Å². The monoisotopic (exact) mass is 335 g/mol. The molecule has 0 bridgehead atoms. The molecule has 0 aliphatic carbocycles. The molecule has 3 amide bonds. The average Bonchev–Trinajstić information content (AvgIpc) is 2.52. The first-order valence-corrected chi connectivity index (χ1v) is 7.91. The number of amides is 3. The normalized spacial score (nSPS) is 11.6. The van der Waals surface area contributed by atoms with Crippen LogP contribution in [0.4, 0.5) is 4.79 Å². The van der Waals surface area contributed by atoms with Crippen LogP contribution in [0, 0.1) is 5.92 Å². The zero-order valence-corrected chi connectivity index (χ0v) is 14.1. The fourth-order valence-electron chi connectivity index (χ4n) is 2.04. The highest BCUT2D eigenvalue weighted by atomic mass is 16.5. The van der Waals surface area contributed by atoms with Crippen LogP contribution in [0.2, 0.25) is 0 Å². The molecule has 1 atom stereocenters. The second-order valence-electron chi connectivity index (χ2n) is 5.89. The lowest BCUT2D eigenvalue weighted by atomic mass is 10.0. The first-order chi connectivity index (χ1) is 11.4. The smallest absolute Gasteiger partial charge is 0.407 e. The number of rotatable bonds is 9. The van der Waals surface area contributed by atoms with Crippen molar-refractivity contribution < 1.29 is 19.1 Å². The number of primary amides is 1. The summed E-state index contributed by atoms with van der Waals surface area (Å²) in [6, 6.07) is 8.59. The van der Waals surface area contributed by atoms with Gasteiger partial charge in [-0.3, -0.25) is 9.59 Å². The van der Waals surface area contributed by atoms with Gasteiger partial charge >= 0.3 is 6.09 Å². The van der Waals surface area contributed by atoms with Gasteiger partial charge in [-0.15, -0.1) is 0 Å². The van der Waals surface area contributed by atoms with E-state index in [2.05, 4.69) is 10.6 Å². The van der Waals surface area contributed by atoms with E-state index < -0.39 is 18.0 Å². The first-order valence-electron chi connectivity index (χ1n) is 7.91. The summed E-state index contributed by atoms with van der Waals surface area (Å²) >= 11 is 0. The quantitative estimate of drug-likeness (QED) is 0.632. The molecule has 1 rings (SSSR count). The summed E-state index contributed by atoms with van der Waals surface area (Å²) in [7, 11) is 0. The molecule has 24 heavy (non-hydrogen) atoms. The van der Waals surface area contributed by atoms with E-state index in [1.807, 2.05) is 44.2 Å². The van der Waals surface area contributed by atoms with Crippen LogP contribution in [0.25, 0.3) is 0 Å². The van der Waals surface area contributed by atoms with Gasteiger partial charge in [0.15, 0.2) is 0 Å². The first kappa shape index (κ1) is 19.5. The molecule has 0 spiro atoms. The maximum absolute atomic E-state index is 11.8. The molecule has 0 saturated carbocycles. The molecule has 0 saturated heterocycles. The van der Waals surface area contributed by atoms with Crippen molar-refractivity contribution in [3.8, 4) is 0 Å². The highest BCUT2D eigenvalue weighted by molar-refractivity contribution is 5.86. The van der Waals surface area contributed by atoms with Crippen molar-refractivity contribution in [1.82, 2.24) is 10.6 Å². The van der Waals surface area contributed by atoms with Crippen LogP contribution in [-0.4, -0.2) is 30.5 Å². The maximum atomic E-state index is 11.8. The number of carbonyl (C=O) groups is 3. The Bertz CT molecular complexity index is 546. The Balaban J connectivity index is 2.24. The number of nitrogens with two attached hydrogens (primary N) is 1. The Morgan fingerprint density at radius 3 is 2.42 bits per heavy atom. The molecule has 1 unspecified atom stereocenters. The van der Waals surface area contributed by atoms with Gasteiger partial charge in [0.1, 0.15) is 12.6 Å². The largest absolute Gasteiger partial charge is 0.445 e. The SMILES string of the molecule is CC(C)CC(NC(=O)CCNC(=O)OCc1ccccc1)C(N)=O. The standard InChI is InChI=1S/C17H25N3O4/c1-12(2)10-14(16(18)22)20-15(21)8-9-19-17(23)24-11-13-6-4-3-5-7-13/h3-7,12,14H,8-11H2,1-2H3,(H2,18,22)(H,19,23)(H,20,21). The van der Waals surface area contributed by atoms with Crippen molar-refractivity contribution in [3.05, 3.63) is 35.9 Å². The van der Waals surface area contributed by atoms with Crippen LogP contribution >= 0.6 is 0 Å². The van der Waals surface area contributed by atoms with Crippen LogP contribution in [0.3, 0.4) is 0 Å². The molecule has 0 aliphatic heterocycles. The van der Waals surface area contributed by atoms with Crippen LogP contribution in [0.5, 0.6) is 0 Å². The lowest BCUT2D eigenvalue weighted by molar-refractivity contribution is -0.127. The number of nitrogens with one attached hydrogen (secondary N) is 2. The number of carbonyl (C=O) groups excluding carboxylic acids is 3. The second-order valence-corrected chi connectivity index (χ2v) is 5.89. The topological polar surface area (TPSA) is 111 Å². The van der Waals surface area contributed by atoms with Gasteiger partial charge in [-0.05, 0) is 17.9 Å². The molecule has 7 nitrogen and oxygen atoms in total. The summed E-state index contributed by atoms with van der Waals surface area (Å²) in [6.07, 6.45) is -0.0732. The minimum atomic E-state index is -0.692. The van der Waals surface area contributed by atoms with E-state index in [0.717, 1.165) is 5.56 Å². The third kappa shape index (κ3) is 8.17. The summed E-state index contributed by atoms with van der Waals surface area (Å²) in [5.41, 5.74) is 6.14. The molecule has 1 aromatic carbocycles. The molecule has 0 radical (unpaired) electrons. The Kier molecular flexibility index (Phi) is 8.32. The zero-order valence-electron chi connectivity index (χ0n) is 14.1. The third-order valence-corrected chi connectivity index (χ3v) is 3.22. The van der Waals surface area contributed by atoms with Crippen molar-refractivity contribution in [3.63, 3.8) is 0 Å². The van der Waals surface area contributed by atoms with E-state index in [-0.39, 0.29) is 31.4 Å². The highest BCUT2D eigenvalue weighted by Crippen LogP contribution is 2.04. The van der Waals surface area contributed by atoms with E-state index in [4.69, 9.17) is 10.5 Å². The fourth-order valence-corrected chi connectivity index (χ4v) is 2.04. The lowest BCUT2D eigenvalue weighted by Crippen LogP contribution is -2.45. The summed E-state index contributed by atoms with van der Waals surface area (Å²) < 4.78 is 5.03. The van der Waals surface area contributed by atoms with Crippen molar-refractivity contribution in [2.45, 2.75) is 39.3 Å². The van der Waals surface area contributed by atoms with Crippen LogP contribution in [0.15, 0.2) is 30.3 Å². The summed E-state index contributed by atoms with van der Waals surface area (Å²) in [5.74, 6) is -0.677. The molecular weight excluding hydrogens is 310 g/mol. The fraction of sp³-hybridized carbons (Fsp3) is 0.471. The number of ether oxygens (including phenoxy) is 1. The number of benzene rings is 1. The minimum Gasteiger partial charge on any atom is -0.445 e. The number of alkyl carbamates (subject to hydrolysis) is 1. The molecular formula is C17H25N3O4. The number of hydrogen-bond acceptors (Lipinski definition) is 4. The minimum absolute atomic E-state index is 0.0440. The van der Waals surface area contributed by atoms with Crippen molar-refractivity contribution in [2.24, 2.45) is 11.7 Å². The molecule has 132 valence electrons. The summed E-state index contributed by atoms with van der Waals surface area (Å²) in [5, 5.41) is 5.06. The van der Waals surface area contributed by atoms with Crippen LogP contribution in [-0.2, 0) is 20.9 Å². The third-order valence-electron chi connectivity index (χ3n) is 3.22. The Morgan fingerprint density at radius 1 is 1.17 bits per heavy atom. The molecule has 4 N–H and O–H groups in total. The number of hydrogen-bond donors (Lipinski definition) is 3. The Morgan fingerprint density at radius 2 is 1.83 bits per heavy atom. The van der Waals surface area contributed by atoms with E-state index in [0.29, 0.717) is 6.42 Å². The van der Waals surface area contributed by atoms with Gasteiger partial charge in [-0.25, -0.2) is 4.79 Å². The molecule has 1 aromatic rings. The average molecular weight is 335 g/mol. The van der Waals surface area contributed by atoms with Gasteiger partial charge in [0.2, 0.25) is 11.8 Å². The predicted molar refractivity (Wildman–Crippen MR) is 89.8 cm³/mol. The van der Waals surface area contributed by atoms with E-state index >= 15 is 0 Å². The highest BCUT2D eigenvalue weighted by Gasteiger charge is 2.19. The van der Waals surface area contributed by atoms with Gasteiger partial charge < -0.3 is 21.1 Å². The zero-order chi connectivity index (χ0) is 17.9. The van der Waals surface area contributed by atoms with E-state index in [9.17, 15) is 14.4 Å². The van der Waals surface area contributed by atoms with Crippen LogP contribution in [0.1, 0.15) is 32.3 Å². The summed E-state index contributed by atoms with van der Waals surface area (Å²) in [4.78, 5) is 34.6. The van der Waals surface area contributed by atoms with E-state index in [1.165, 1.54) is 0 Å². The second kappa shape index (κ2) is 10.3. The Labute approximate surface area is 141 Å². The van der Waals surface area contributed by atoms with Crippen molar-refractivity contribution in [1.29, 1.82) is 0 Å². The predicted octanol–water partition coefficient (Wildman–Crippen LogP) is 1.32. The van der Waals surface area contributed by atoms with Gasteiger partial charge in [0.25, 0.3) is 0 Å². The van der Waals surface area contributed by atoms with Gasteiger partial charge in [0, 0.05) is 13.0 Å². The maximum Gasteiger partial charge on any atom is 0.407 e. The lowest BCUT2D eigenvalue weighted by Gasteiger charge is -2.17. The molecule has 7 heteroatoms. The van der Waals surface area contributed by atoms with Gasteiger partial charge in [0.05, 0.1) is 0 Å². The Hall–Kier alpha value is -2.57. The van der Waals surface area contributed by atoms with Crippen molar-refractivity contribution >= 4 is 17.9 Å². The molecule has 0 aliphatic rings. The van der Waals surface area contributed by atoms with E-state index in [1.54, 1.807) is 0 Å². The van der Waals surface area contributed by atoms with Gasteiger partial charge in [-0.1, -0.05) is 44.2 Å². The molecule has 0 aromatic heterocycles. The van der Waals surface area contributed by atoms with Gasteiger partial charge in [-0.2, -0.15) is 0 Å².